The Hall–Kier alpha value is -3.50. The van der Waals surface area contributed by atoms with Gasteiger partial charge in [-0.25, -0.2) is 8.78 Å². The number of ether oxygens (including phenoxy) is 2. The molecule has 9 nitrogen and oxygen atoms in total. The number of fused-ring (bicyclic) bond motifs is 7. The lowest BCUT2D eigenvalue weighted by atomic mass is 9.93. The topological polar surface area (TPSA) is 113 Å². The summed E-state index contributed by atoms with van der Waals surface area (Å²) in [6.07, 6.45) is 3.34. The van der Waals surface area contributed by atoms with Gasteiger partial charge in [-0.2, -0.15) is 15.2 Å². The SMILES string of the molecule is Cc1ccc2sc(N)c(C#N)c2c1-c1c(Cl)c2c3c(nc(OC[C@@]45CCCN4C[C@H](F)C5)nc3c1F)N1C[C@H]3CC[C@H](N3)[C@H]1CO2. The van der Waals surface area contributed by atoms with E-state index in [4.69, 9.17) is 36.8 Å². The number of nitrogens with one attached hydrogen (secondary N) is 1. The standard InChI is InChI=1S/C33H32ClF2N7O2S/c1-15-3-6-21-23(18(10-37)30(38)46-21)22(15)24-26(34)29-25-28(27(24)36)40-32(45-14-33-7-2-8-42(33)11-16(35)9-33)41-31(25)43-12-17-4-5-19(39-17)20(43)13-44-29/h3,6,16-17,19-20,39H,2,4-5,7-9,11-14,38H2,1H3/t16-,17-,19+,20-,33+/m1/s1. The first-order valence-corrected chi connectivity index (χ1v) is 17.1. The number of aryl methyl sites for hydroxylation is 1. The van der Waals surface area contributed by atoms with Crippen molar-refractivity contribution in [2.45, 2.75) is 68.9 Å². The summed E-state index contributed by atoms with van der Waals surface area (Å²) in [6, 6.07) is 6.42. The van der Waals surface area contributed by atoms with Crippen molar-refractivity contribution in [1.29, 1.82) is 5.26 Å². The molecule has 13 heteroatoms. The minimum atomic E-state index is -0.902. The molecular weight excluding hydrogens is 632 g/mol. The van der Waals surface area contributed by atoms with E-state index in [1.807, 2.05) is 19.1 Å². The molecule has 0 aliphatic carbocycles. The van der Waals surface area contributed by atoms with Gasteiger partial charge in [0.25, 0.3) is 0 Å². The number of hydrogen-bond acceptors (Lipinski definition) is 10. The van der Waals surface area contributed by atoms with Crippen molar-refractivity contribution in [1.82, 2.24) is 20.2 Å². The predicted octanol–water partition coefficient (Wildman–Crippen LogP) is 5.72. The number of alkyl halides is 1. The highest BCUT2D eigenvalue weighted by molar-refractivity contribution is 7.23. The Labute approximate surface area is 273 Å². The van der Waals surface area contributed by atoms with Crippen LogP contribution in [0.3, 0.4) is 0 Å². The van der Waals surface area contributed by atoms with Crippen LogP contribution in [-0.2, 0) is 0 Å². The second-order valence-electron chi connectivity index (χ2n) is 13.4. The summed E-state index contributed by atoms with van der Waals surface area (Å²) in [6.45, 7) is 4.31. The maximum Gasteiger partial charge on any atom is 0.319 e. The van der Waals surface area contributed by atoms with E-state index in [2.05, 4.69) is 21.2 Å². The van der Waals surface area contributed by atoms with Crippen molar-refractivity contribution in [2.75, 3.05) is 43.5 Å². The Bertz CT molecular complexity index is 2000. The monoisotopic (exact) mass is 663 g/mol. The van der Waals surface area contributed by atoms with Gasteiger partial charge in [-0.3, -0.25) is 4.90 Å². The molecule has 4 fully saturated rings. The number of nitrogens with zero attached hydrogens (tertiary/aromatic N) is 5. The Morgan fingerprint density at radius 1 is 1.26 bits per heavy atom. The molecule has 0 saturated carbocycles. The van der Waals surface area contributed by atoms with Crippen LogP contribution in [0.25, 0.3) is 32.1 Å². The molecule has 238 valence electrons. The Morgan fingerprint density at radius 3 is 2.98 bits per heavy atom. The molecule has 0 radical (unpaired) electrons. The Balaban J connectivity index is 1.27. The Morgan fingerprint density at radius 2 is 2.13 bits per heavy atom. The highest BCUT2D eigenvalue weighted by Gasteiger charge is 2.50. The van der Waals surface area contributed by atoms with Crippen LogP contribution in [-0.4, -0.2) is 77.6 Å². The van der Waals surface area contributed by atoms with Crippen LogP contribution >= 0.6 is 22.9 Å². The van der Waals surface area contributed by atoms with Crippen molar-refractivity contribution in [3.63, 3.8) is 0 Å². The van der Waals surface area contributed by atoms with E-state index in [9.17, 15) is 9.65 Å². The molecule has 46 heavy (non-hydrogen) atoms. The molecule has 7 heterocycles. The van der Waals surface area contributed by atoms with Gasteiger partial charge in [0.05, 0.1) is 27.6 Å². The van der Waals surface area contributed by atoms with Crippen molar-refractivity contribution in [2.24, 2.45) is 0 Å². The maximum absolute atomic E-state index is 17.3. The van der Waals surface area contributed by atoms with Crippen LogP contribution in [0.2, 0.25) is 5.02 Å². The first kappa shape index (κ1) is 28.7. The van der Waals surface area contributed by atoms with Gasteiger partial charge in [0.15, 0.2) is 11.6 Å². The van der Waals surface area contributed by atoms with Gasteiger partial charge < -0.3 is 25.4 Å². The lowest BCUT2D eigenvalue weighted by Crippen LogP contribution is -2.60. The second-order valence-corrected chi connectivity index (χ2v) is 14.9. The summed E-state index contributed by atoms with van der Waals surface area (Å²) in [7, 11) is 0. The van der Waals surface area contributed by atoms with Crippen molar-refractivity contribution >= 4 is 54.7 Å². The van der Waals surface area contributed by atoms with Crippen LogP contribution in [0.5, 0.6) is 11.8 Å². The minimum Gasteiger partial charge on any atom is -0.489 e. The van der Waals surface area contributed by atoms with Crippen molar-refractivity contribution in [3.05, 3.63) is 34.1 Å². The van der Waals surface area contributed by atoms with Crippen molar-refractivity contribution < 1.29 is 18.3 Å². The van der Waals surface area contributed by atoms with E-state index in [0.29, 0.717) is 59.0 Å². The van der Waals surface area contributed by atoms with Crippen LogP contribution < -0.4 is 25.4 Å². The van der Waals surface area contributed by atoms with E-state index < -0.39 is 17.5 Å². The van der Waals surface area contributed by atoms with Crippen LogP contribution in [0.1, 0.15) is 43.2 Å². The van der Waals surface area contributed by atoms with E-state index in [1.54, 1.807) is 0 Å². The zero-order valence-corrected chi connectivity index (χ0v) is 26.8. The van der Waals surface area contributed by atoms with Crippen molar-refractivity contribution in [3.8, 4) is 29.0 Å². The molecule has 5 aliphatic rings. The minimum absolute atomic E-state index is 0.0367. The van der Waals surface area contributed by atoms with Gasteiger partial charge in [-0.15, -0.1) is 11.3 Å². The number of nitrogens with two attached hydrogens (primary N) is 1. The summed E-state index contributed by atoms with van der Waals surface area (Å²) in [5.41, 5.74) is 7.48. The van der Waals surface area contributed by atoms with E-state index >= 15 is 4.39 Å². The molecule has 3 N–H and O–H groups in total. The number of piperazine rings is 1. The Kier molecular flexibility index (Phi) is 6.39. The third-order valence-corrected chi connectivity index (χ3v) is 12.2. The number of halogens is 3. The number of hydrogen-bond donors (Lipinski definition) is 2. The molecule has 5 aliphatic heterocycles. The van der Waals surface area contributed by atoms with E-state index in [0.717, 1.165) is 42.5 Å². The van der Waals surface area contributed by atoms with Crippen LogP contribution in [0, 0.1) is 24.1 Å². The molecular formula is C33H32ClF2N7O2S. The molecule has 0 amide bonds. The molecule has 9 rings (SSSR count). The first-order valence-electron chi connectivity index (χ1n) is 15.9. The maximum atomic E-state index is 17.3. The third-order valence-electron chi connectivity index (χ3n) is 10.9. The zero-order chi connectivity index (χ0) is 31.5. The normalized spacial score (nSPS) is 28.3. The summed E-state index contributed by atoms with van der Waals surface area (Å²) in [5, 5.41) is 15.2. The molecule has 2 aromatic heterocycles. The number of thiophene rings is 1. The van der Waals surface area contributed by atoms with Crippen LogP contribution in [0.4, 0.5) is 19.6 Å². The lowest BCUT2D eigenvalue weighted by molar-refractivity contribution is 0.107. The van der Waals surface area contributed by atoms with Gasteiger partial charge in [-0.1, -0.05) is 17.7 Å². The quantitative estimate of drug-likeness (QED) is 0.283. The lowest BCUT2D eigenvalue weighted by Gasteiger charge is -2.40. The van der Waals surface area contributed by atoms with Gasteiger partial charge >= 0.3 is 6.01 Å². The first-order chi connectivity index (χ1) is 22.3. The fourth-order valence-electron chi connectivity index (χ4n) is 8.76. The van der Waals surface area contributed by atoms with E-state index in [-0.39, 0.29) is 52.4 Å². The number of benzene rings is 2. The highest BCUT2D eigenvalue weighted by Crippen LogP contribution is 2.52. The summed E-state index contributed by atoms with van der Waals surface area (Å²) in [4.78, 5) is 14.0. The van der Waals surface area contributed by atoms with Gasteiger partial charge in [0, 0.05) is 47.2 Å². The third kappa shape index (κ3) is 4.01. The molecule has 2 aromatic carbocycles. The average molecular weight is 664 g/mol. The molecule has 2 bridgehead atoms. The smallest absolute Gasteiger partial charge is 0.319 e. The number of rotatable bonds is 4. The predicted molar refractivity (Wildman–Crippen MR) is 174 cm³/mol. The number of nitriles is 1. The average Bonchev–Trinajstić information content (AvgIpc) is 3.75. The molecule has 0 spiro atoms. The van der Waals surface area contributed by atoms with Gasteiger partial charge in [0.1, 0.15) is 41.8 Å². The summed E-state index contributed by atoms with van der Waals surface area (Å²) in [5.74, 6) is 0.202. The number of nitrogen functional groups attached to an aromatic ring is 1. The van der Waals surface area contributed by atoms with Gasteiger partial charge in [-0.05, 0) is 56.3 Å². The second kappa shape index (κ2) is 10.2. The number of anilines is 2. The van der Waals surface area contributed by atoms with Crippen LogP contribution in [0.15, 0.2) is 12.1 Å². The molecule has 0 unspecified atom stereocenters. The molecule has 5 atom stereocenters. The van der Waals surface area contributed by atoms with Gasteiger partial charge in [0.2, 0.25) is 0 Å². The summed E-state index contributed by atoms with van der Waals surface area (Å²) < 4.78 is 45.5. The fourth-order valence-corrected chi connectivity index (χ4v) is 10.0. The highest BCUT2D eigenvalue weighted by atomic mass is 35.5. The van der Waals surface area contributed by atoms with E-state index in [1.165, 1.54) is 11.3 Å². The fraction of sp³-hybridized carbons (Fsp3) is 0.485. The zero-order valence-electron chi connectivity index (χ0n) is 25.2. The molecule has 4 saturated heterocycles. The summed E-state index contributed by atoms with van der Waals surface area (Å²) >= 11 is 8.46. The molecule has 4 aromatic rings. The largest absolute Gasteiger partial charge is 0.489 e. The number of aromatic nitrogens is 2.